The largest absolute Gasteiger partial charge is 0.427 e. The van der Waals surface area contributed by atoms with E-state index < -0.39 is 0 Å². The minimum Gasteiger partial charge on any atom is -0.427 e. The van der Waals surface area contributed by atoms with Crippen molar-refractivity contribution >= 4 is 33.8 Å². The molecule has 0 atom stereocenters. The zero-order chi connectivity index (χ0) is 12.5. The molecule has 0 N–H and O–H groups in total. The second kappa shape index (κ2) is 4.92. The Kier molecular flexibility index (Phi) is 3.29. The van der Waals surface area contributed by atoms with Crippen molar-refractivity contribution in [2.24, 2.45) is 0 Å². The second-order valence-electron chi connectivity index (χ2n) is 4.87. The van der Waals surface area contributed by atoms with Crippen molar-refractivity contribution in [1.29, 1.82) is 0 Å². The second-order valence-corrected chi connectivity index (χ2v) is 5.31. The first-order valence-corrected chi connectivity index (χ1v) is 7.16. The van der Waals surface area contributed by atoms with Crippen LogP contribution in [0.2, 0.25) is 0 Å². The Morgan fingerprint density at radius 2 is 2.11 bits per heavy atom. The lowest BCUT2D eigenvalue weighted by Gasteiger charge is -2.10. The highest BCUT2D eigenvalue weighted by Crippen LogP contribution is 2.41. The maximum Gasteiger partial charge on any atom is 0.192 e. The molecule has 2 aromatic carbocycles. The highest BCUT2D eigenvalue weighted by molar-refractivity contribution is 14.1. The molecule has 0 spiro atoms. The van der Waals surface area contributed by atoms with Crippen LogP contribution in [0.1, 0.15) is 29.9 Å². The van der Waals surface area contributed by atoms with Crippen molar-refractivity contribution in [1.82, 2.24) is 0 Å². The van der Waals surface area contributed by atoms with Crippen molar-refractivity contribution in [3.63, 3.8) is 0 Å². The molecule has 3 rings (SSSR count). The van der Waals surface area contributed by atoms with E-state index >= 15 is 0 Å². The third-order valence-corrected chi connectivity index (χ3v) is 4.07. The highest BCUT2D eigenvalue weighted by Gasteiger charge is 2.23. The molecular formula is C16H15IO. The molecule has 0 aliphatic heterocycles. The van der Waals surface area contributed by atoms with Crippen LogP contribution in [0.4, 0.5) is 0 Å². The number of benzene rings is 2. The van der Waals surface area contributed by atoms with Crippen LogP contribution in [0.5, 0.6) is 5.75 Å². The maximum absolute atomic E-state index is 5.42. The molecule has 0 bridgehead atoms. The summed E-state index contributed by atoms with van der Waals surface area (Å²) >= 11 is 1.94. The number of halogens is 1. The van der Waals surface area contributed by atoms with E-state index in [1.54, 1.807) is 0 Å². The summed E-state index contributed by atoms with van der Waals surface area (Å²) in [5.74, 6) is 1.75. The molecule has 0 aromatic heterocycles. The van der Waals surface area contributed by atoms with Crippen LogP contribution in [0.15, 0.2) is 43.0 Å². The van der Waals surface area contributed by atoms with Gasteiger partial charge in [-0.05, 0) is 47.6 Å². The summed E-state index contributed by atoms with van der Waals surface area (Å²) in [6.07, 6.45) is 5.47. The van der Waals surface area contributed by atoms with Gasteiger partial charge >= 0.3 is 0 Å². The third kappa shape index (κ3) is 2.14. The topological polar surface area (TPSA) is 9.23 Å². The van der Waals surface area contributed by atoms with E-state index in [4.69, 9.17) is 3.07 Å². The van der Waals surface area contributed by atoms with Crippen LogP contribution in [0.3, 0.4) is 0 Å². The number of allylic oxidation sites excluding steroid dienone is 1. The van der Waals surface area contributed by atoms with E-state index in [1.165, 1.54) is 34.7 Å². The molecule has 2 heteroatoms. The number of hydrogen-bond donors (Lipinski definition) is 0. The quantitative estimate of drug-likeness (QED) is 0.546. The van der Waals surface area contributed by atoms with Gasteiger partial charge in [0.15, 0.2) is 23.0 Å². The first-order valence-electron chi connectivity index (χ1n) is 6.28. The van der Waals surface area contributed by atoms with Gasteiger partial charge in [-0.2, -0.15) is 0 Å². The van der Waals surface area contributed by atoms with Gasteiger partial charge in [0.2, 0.25) is 0 Å². The van der Waals surface area contributed by atoms with Crippen molar-refractivity contribution in [2.45, 2.75) is 25.2 Å². The minimum atomic E-state index is 0.803. The lowest BCUT2D eigenvalue weighted by Crippen LogP contribution is -1.90. The molecule has 0 saturated heterocycles. The van der Waals surface area contributed by atoms with E-state index in [9.17, 15) is 0 Å². The first-order chi connectivity index (χ1) is 8.83. The average Bonchev–Trinajstić information content (AvgIpc) is 3.23. The Morgan fingerprint density at radius 3 is 2.78 bits per heavy atom. The predicted molar refractivity (Wildman–Crippen MR) is 84.5 cm³/mol. The third-order valence-electron chi connectivity index (χ3n) is 3.59. The van der Waals surface area contributed by atoms with Crippen LogP contribution in [0.25, 0.3) is 10.8 Å². The summed E-state index contributed by atoms with van der Waals surface area (Å²) in [6.45, 7) is 3.84. The fourth-order valence-corrected chi connectivity index (χ4v) is 2.90. The minimum absolute atomic E-state index is 0.803. The van der Waals surface area contributed by atoms with E-state index in [2.05, 4.69) is 36.9 Å². The van der Waals surface area contributed by atoms with Crippen molar-refractivity contribution in [3.05, 3.63) is 54.1 Å². The lowest BCUT2D eigenvalue weighted by molar-refractivity contribution is 0.708. The molecule has 0 radical (unpaired) electrons. The first kappa shape index (κ1) is 12.0. The molecule has 1 saturated carbocycles. The van der Waals surface area contributed by atoms with Gasteiger partial charge in [-0.1, -0.05) is 30.3 Å². The zero-order valence-electron chi connectivity index (χ0n) is 10.2. The molecule has 1 aliphatic carbocycles. The van der Waals surface area contributed by atoms with Crippen LogP contribution >= 0.6 is 23.0 Å². The summed E-state index contributed by atoms with van der Waals surface area (Å²) in [6, 6.07) is 11.0. The molecule has 1 fully saturated rings. The van der Waals surface area contributed by atoms with Crippen LogP contribution < -0.4 is 3.07 Å². The summed E-state index contributed by atoms with van der Waals surface area (Å²) in [4.78, 5) is 0. The molecule has 1 aliphatic rings. The zero-order valence-corrected chi connectivity index (χ0v) is 12.3. The SMILES string of the molecule is C=CCc1c(OI)ccc2cc(C3CC3)ccc12. The summed E-state index contributed by atoms with van der Waals surface area (Å²) < 4.78 is 5.42. The molecule has 92 valence electrons. The highest BCUT2D eigenvalue weighted by atomic mass is 127. The normalized spacial score (nSPS) is 14.7. The fraction of sp³-hybridized carbons (Fsp3) is 0.250. The van der Waals surface area contributed by atoms with Crippen LogP contribution in [-0.2, 0) is 6.42 Å². The van der Waals surface area contributed by atoms with Crippen molar-refractivity contribution < 1.29 is 3.07 Å². The Morgan fingerprint density at radius 1 is 1.28 bits per heavy atom. The van der Waals surface area contributed by atoms with Gasteiger partial charge in [0.25, 0.3) is 0 Å². The van der Waals surface area contributed by atoms with Gasteiger partial charge in [0, 0.05) is 5.56 Å². The van der Waals surface area contributed by atoms with E-state index in [0.717, 1.165) is 18.1 Å². The van der Waals surface area contributed by atoms with Crippen molar-refractivity contribution in [2.75, 3.05) is 0 Å². The Bertz CT molecular complexity index is 599. The van der Waals surface area contributed by atoms with Crippen molar-refractivity contribution in [3.8, 4) is 5.75 Å². The molecule has 2 aromatic rings. The maximum atomic E-state index is 5.42. The number of hydrogen-bond acceptors (Lipinski definition) is 1. The van der Waals surface area contributed by atoms with E-state index in [1.807, 2.05) is 29.1 Å². The molecular weight excluding hydrogens is 335 g/mol. The predicted octanol–water partition coefficient (Wildman–Crippen LogP) is 5.17. The Labute approximate surface area is 122 Å². The van der Waals surface area contributed by atoms with E-state index in [0.29, 0.717) is 0 Å². The summed E-state index contributed by atoms with van der Waals surface area (Å²) in [7, 11) is 0. The Hall–Kier alpha value is -1.03. The number of fused-ring (bicyclic) bond motifs is 1. The van der Waals surface area contributed by atoms with E-state index in [-0.39, 0.29) is 0 Å². The number of rotatable bonds is 4. The van der Waals surface area contributed by atoms with Gasteiger partial charge in [-0.15, -0.1) is 6.58 Å². The molecule has 1 nitrogen and oxygen atoms in total. The van der Waals surface area contributed by atoms with Crippen LogP contribution in [-0.4, -0.2) is 0 Å². The van der Waals surface area contributed by atoms with Crippen LogP contribution in [0, 0.1) is 0 Å². The Balaban J connectivity index is 2.17. The molecule has 0 amide bonds. The fourth-order valence-electron chi connectivity index (χ4n) is 2.49. The van der Waals surface area contributed by atoms with Gasteiger partial charge in [0.1, 0.15) is 5.75 Å². The average molecular weight is 350 g/mol. The lowest BCUT2D eigenvalue weighted by atomic mass is 9.98. The van der Waals surface area contributed by atoms with Gasteiger partial charge in [0.05, 0.1) is 0 Å². The summed E-state index contributed by atoms with van der Waals surface area (Å²) in [5.41, 5.74) is 2.72. The van der Waals surface area contributed by atoms with Gasteiger partial charge in [-0.25, -0.2) is 0 Å². The molecule has 0 heterocycles. The van der Waals surface area contributed by atoms with Gasteiger partial charge < -0.3 is 3.07 Å². The summed E-state index contributed by atoms with van der Waals surface area (Å²) in [5, 5.41) is 2.60. The van der Waals surface area contributed by atoms with Gasteiger partial charge in [-0.3, -0.25) is 0 Å². The smallest absolute Gasteiger partial charge is 0.192 e. The standard InChI is InChI=1S/C16H15IO/c1-2-3-15-14-8-6-12(11-4-5-11)10-13(14)7-9-16(15)18-17/h2,6-11H,1,3-5H2. The molecule has 18 heavy (non-hydrogen) atoms. The monoisotopic (exact) mass is 350 g/mol. The molecule has 0 unspecified atom stereocenters.